The third kappa shape index (κ3) is 3.99. The van der Waals surface area contributed by atoms with Crippen LogP contribution < -0.4 is 15.9 Å². The molecule has 0 aliphatic heterocycles. The lowest BCUT2D eigenvalue weighted by atomic mass is 9.98. The summed E-state index contributed by atoms with van der Waals surface area (Å²) in [6.45, 7) is 0. The van der Waals surface area contributed by atoms with E-state index in [0.29, 0.717) is 0 Å². The van der Waals surface area contributed by atoms with Gasteiger partial charge in [-0.1, -0.05) is 152 Å². The Morgan fingerprint density at radius 3 is 1.10 bits per heavy atom. The zero-order valence-corrected chi connectivity index (χ0v) is 22.8. The molecule has 0 saturated heterocycles. The third-order valence-corrected chi connectivity index (χ3v) is 10.9. The molecule has 2 heteroatoms. The normalized spacial score (nSPS) is 11.6. The molecular weight excluding hydrogens is 503 g/mol. The standard InChI is InChI=1S/C38H27OP/c39-40(30-18-8-3-9-19-30,37-26-24-31(28-14-4-1-5-15-28)33-20-10-12-22-35(33)37)38-27-25-32(29-16-6-2-7-17-29)34-21-11-13-23-36(34)38/h1-27H. The minimum Gasteiger partial charge on any atom is -0.309 e. The van der Waals surface area contributed by atoms with Gasteiger partial charge in [0.1, 0.15) is 0 Å². The predicted octanol–water partition coefficient (Wildman–Crippen LogP) is 8.97. The summed E-state index contributed by atoms with van der Waals surface area (Å²) >= 11 is 0. The van der Waals surface area contributed by atoms with Crippen LogP contribution in [0.4, 0.5) is 0 Å². The van der Waals surface area contributed by atoms with Crippen LogP contribution in [0, 0.1) is 0 Å². The number of benzene rings is 7. The Morgan fingerprint density at radius 1 is 0.325 bits per heavy atom. The Morgan fingerprint density at radius 2 is 0.675 bits per heavy atom. The van der Waals surface area contributed by atoms with Crippen LogP contribution in [0.25, 0.3) is 43.8 Å². The summed E-state index contributed by atoms with van der Waals surface area (Å²) in [7, 11) is -3.29. The molecule has 0 unspecified atom stereocenters. The molecule has 190 valence electrons. The summed E-state index contributed by atoms with van der Waals surface area (Å²) in [5.41, 5.74) is 4.59. The van der Waals surface area contributed by atoms with Gasteiger partial charge in [0.05, 0.1) is 0 Å². The van der Waals surface area contributed by atoms with Gasteiger partial charge >= 0.3 is 0 Å². The van der Waals surface area contributed by atoms with E-state index in [1.54, 1.807) is 0 Å². The molecule has 0 aliphatic rings. The van der Waals surface area contributed by atoms with Crippen LogP contribution in [-0.2, 0) is 4.57 Å². The van der Waals surface area contributed by atoms with E-state index in [1.165, 1.54) is 0 Å². The summed E-state index contributed by atoms with van der Waals surface area (Å²) in [5.74, 6) is 0. The number of hydrogen-bond donors (Lipinski definition) is 0. The van der Waals surface area contributed by atoms with Gasteiger partial charge < -0.3 is 4.57 Å². The maximum Gasteiger partial charge on any atom is 0.172 e. The van der Waals surface area contributed by atoms with Gasteiger partial charge in [-0.25, -0.2) is 0 Å². The molecule has 0 fully saturated rings. The Hall–Kier alpha value is -4.71. The SMILES string of the molecule is O=P(c1ccccc1)(c1ccc(-c2ccccc2)c2ccccc12)c1ccc(-c2ccccc2)c2ccccc12. The van der Waals surface area contributed by atoms with Gasteiger partial charge in [-0.05, 0) is 55.9 Å². The molecule has 7 aromatic carbocycles. The molecule has 0 heterocycles. The van der Waals surface area contributed by atoms with Crippen molar-refractivity contribution in [1.29, 1.82) is 0 Å². The van der Waals surface area contributed by atoms with Gasteiger partial charge in [0.15, 0.2) is 7.14 Å². The fraction of sp³-hybridized carbons (Fsp3) is 0. The maximum atomic E-state index is 15.9. The van der Waals surface area contributed by atoms with E-state index >= 15 is 4.57 Å². The lowest BCUT2D eigenvalue weighted by molar-refractivity contribution is 0.593. The highest BCUT2D eigenvalue weighted by Crippen LogP contribution is 2.48. The summed E-state index contributed by atoms with van der Waals surface area (Å²) in [5, 5.41) is 6.82. The molecule has 1 nitrogen and oxygen atoms in total. The largest absolute Gasteiger partial charge is 0.309 e. The molecule has 0 aromatic heterocycles. The molecule has 0 aliphatic carbocycles. The quantitative estimate of drug-likeness (QED) is 0.203. The lowest BCUT2D eigenvalue weighted by Crippen LogP contribution is -2.26. The highest BCUT2D eigenvalue weighted by Gasteiger charge is 2.33. The fourth-order valence-corrected chi connectivity index (χ4v) is 8.95. The molecule has 40 heavy (non-hydrogen) atoms. The van der Waals surface area contributed by atoms with Gasteiger partial charge in [-0.2, -0.15) is 0 Å². The summed E-state index contributed by atoms with van der Waals surface area (Å²) in [4.78, 5) is 0. The van der Waals surface area contributed by atoms with E-state index in [-0.39, 0.29) is 0 Å². The van der Waals surface area contributed by atoms with Crippen molar-refractivity contribution in [1.82, 2.24) is 0 Å². The molecule has 0 atom stereocenters. The van der Waals surface area contributed by atoms with Gasteiger partial charge in [-0.15, -0.1) is 0 Å². The van der Waals surface area contributed by atoms with Crippen molar-refractivity contribution in [3.63, 3.8) is 0 Å². The van der Waals surface area contributed by atoms with Crippen molar-refractivity contribution in [3.8, 4) is 22.3 Å². The first-order valence-corrected chi connectivity index (χ1v) is 15.3. The average molecular weight is 531 g/mol. The minimum atomic E-state index is -3.29. The van der Waals surface area contributed by atoms with Crippen molar-refractivity contribution in [2.24, 2.45) is 0 Å². The Labute approximate surface area is 234 Å². The van der Waals surface area contributed by atoms with Crippen LogP contribution in [0.15, 0.2) is 164 Å². The molecule has 0 radical (unpaired) electrons. The zero-order chi connectivity index (χ0) is 26.9. The Bertz CT molecular complexity index is 1890. The van der Waals surface area contributed by atoms with Gasteiger partial charge in [0, 0.05) is 15.9 Å². The van der Waals surface area contributed by atoms with E-state index in [2.05, 4.69) is 109 Å². The topological polar surface area (TPSA) is 17.1 Å². The van der Waals surface area contributed by atoms with Crippen molar-refractivity contribution in [2.45, 2.75) is 0 Å². The van der Waals surface area contributed by atoms with Crippen molar-refractivity contribution in [3.05, 3.63) is 164 Å². The van der Waals surface area contributed by atoms with E-state index in [0.717, 1.165) is 59.7 Å². The molecule has 0 bridgehead atoms. The maximum absolute atomic E-state index is 15.9. The minimum absolute atomic E-state index is 0.838. The van der Waals surface area contributed by atoms with E-state index in [4.69, 9.17) is 0 Å². The van der Waals surface area contributed by atoms with Crippen LogP contribution in [0.2, 0.25) is 0 Å². The first-order valence-electron chi connectivity index (χ1n) is 13.6. The molecule has 0 amide bonds. The highest BCUT2D eigenvalue weighted by atomic mass is 31.2. The Kier molecular flexibility index (Phi) is 6.16. The molecule has 7 aromatic rings. The summed E-state index contributed by atoms with van der Waals surface area (Å²) in [6.07, 6.45) is 0. The summed E-state index contributed by atoms with van der Waals surface area (Å²) < 4.78 is 15.9. The second kappa shape index (κ2) is 10.1. The molecule has 7 rings (SSSR count). The molecule has 0 N–H and O–H groups in total. The van der Waals surface area contributed by atoms with Crippen LogP contribution in [-0.4, -0.2) is 0 Å². The van der Waals surface area contributed by atoms with Gasteiger partial charge in [0.2, 0.25) is 0 Å². The van der Waals surface area contributed by atoms with E-state index < -0.39 is 7.14 Å². The van der Waals surface area contributed by atoms with Crippen LogP contribution in [0.3, 0.4) is 0 Å². The van der Waals surface area contributed by atoms with Gasteiger partial charge in [0.25, 0.3) is 0 Å². The van der Waals surface area contributed by atoms with Crippen LogP contribution in [0.5, 0.6) is 0 Å². The first kappa shape index (κ1) is 24.3. The fourth-order valence-electron chi connectivity index (χ4n) is 5.90. The summed E-state index contributed by atoms with van der Waals surface area (Å²) in [6, 6.07) is 56.1. The molecule has 0 spiro atoms. The third-order valence-electron chi connectivity index (χ3n) is 7.77. The average Bonchev–Trinajstić information content (AvgIpc) is 3.04. The van der Waals surface area contributed by atoms with Crippen LogP contribution in [0.1, 0.15) is 0 Å². The number of fused-ring (bicyclic) bond motifs is 2. The van der Waals surface area contributed by atoms with E-state index in [1.807, 2.05) is 54.6 Å². The zero-order valence-electron chi connectivity index (χ0n) is 21.9. The van der Waals surface area contributed by atoms with Crippen molar-refractivity contribution in [2.75, 3.05) is 0 Å². The highest BCUT2D eigenvalue weighted by molar-refractivity contribution is 7.86. The molecule has 0 saturated carbocycles. The predicted molar refractivity (Wildman–Crippen MR) is 172 cm³/mol. The number of hydrogen-bond acceptors (Lipinski definition) is 1. The van der Waals surface area contributed by atoms with Crippen molar-refractivity contribution >= 4 is 44.6 Å². The second-order valence-electron chi connectivity index (χ2n) is 10.0. The van der Waals surface area contributed by atoms with Crippen LogP contribution >= 0.6 is 7.14 Å². The van der Waals surface area contributed by atoms with Crippen molar-refractivity contribution < 1.29 is 4.57 Å². The van der Waals surface area contributed by atoms with Gasteiger partial charge in [-0.3, -0.25) is 0 Å². The first-order chi connectivity index (χ1) is 19.7. The molecular formula is C38H27OP. The Balaban J connectivity index is 1.56. The number of rotatable bonds is 5. The smallest absolute Gasteiger partial charge is 0.172 e. The monoisotopic (exact) mass is 530 g/mol. The lowest BCUT2D eigenvalue weighted by Gasteiger charge is -2.25. The second-order valence-corrected chi connectivity index (χ2v) is 12.7. The van der Waals surface area contributed by atoms with E-state index in [9.17, 15) is 0 Å².